The van der Waals surface area contributed by atoms with Crippen molar-refractivity contribution >= 4 is 43.1 Å². The molecular formula is C39H55N10O6PdS2-. The summed E-state index contributed by atoms with van der Waals surface area (Å²) in [5, 5.41) is 11.2. The van der Waals surface area contributed by atoms with E-state index in [0.29, 0.717) is 55.4 Å². The number of sulfonamides is 2. The molecule has 2 atom stereocenters. The van der Waals surface area contributed by atoms with Crippen LogP contribution in [0, 0.1) is 17.5 Å². The number of anilines is 3. The van der Waals surface area contributed by atoms with Gasteiger partial charge in [0.1, 0.15) is 23.3 Å². The minimum atomic E-state index is -3.27. The molecule has 4 heterocycles. The number of nitrogens with two attached hydrogens (primary N) is 1. The molecule has 2 aliphatic heterocycles. The predicted octanol–water partition coefficient (Wildman–Crippen LogP) is 4.67. The summed E-state index contributed by atoms with van der Waals surface area (Å²) in [6.45, 7) is 6.49. The fraction of sp³-hybridized carbons (Fsp3) is 0.462. The van der Waals surface area contributed by atoms with Crippen molar-refractivity contribution in [2.24, 2.45) is 0 Å². The van der Waals surface area contributed by atoms with Gasteiger partial charge in [-0.1, -0.05) is 50.2 Å². The summed E-state index contributed by atoms with van der Waals surface area (Å²) in [5.74, 6) is 3.02. The third-order valence-electron chi connectivity index (χ3n) is 9.45. The summed E-state index contributed by atoms with van der Waals surface area (Å²) in [4.78, 5) is 32.9. The molecule has 0 spiro atoms. The van der Waals surface area contributed by atoms with Crippen molar-refractivity contribution < 1.29 is 42.2 Å². The maximum atomic E-state index is 12.1. The number of benzene rings is 2. The summed E-state index contributed by atoms with van der Waals surface area (Å²) in [5.41, 5.74) is 8.35. The Morgan fingerprint density at radius 2 is 1.19 bits per heavy atom. The molecular weight excluding hydrogens is 875 g/mol. The molecule has 4 N–H and O–H groups in total. The largest absolute Gasteiger partial charge is 0.398 e. The zero-order valence-corrected chi connectivity index (χ0v) is 36.5. The second-order valence-electron chi connectivity index (χ2n) is 14.0. The number of nitrogen functional groups attached to an aromatic ring is 1. The van der Waals surface area contributed by atoms with Gasteiger partial charge in [-0.2, -0.15) is 0 Å². The van der Waals surface area contributed by atoms with Crippen molar-refractivity contribution in [1.82, 2.24) is 29.4 Å². The summed E-state index contributed by atoms with van der Waals surface area (Å²) in [7, 11) is -6.49. The van der Waals surface area contributed by atoms with E-state index in [1.165, 1.54) is 6.07 Å². The van der Waals surface area contributed by atoms with E-state index >= 15 is 0 Å². The summed E-state index contributed by atoms with van der Waals surface area (Å²) >= 11 is 0. The molecule has 19 heteroatoms. The van der Waals surface area contributed by atoms with E-state index in [4.69, 9.17) is 5.73 Å². The minimum Gasteiger partial charge on any atom is -0.398 e. The maximum absolute atomic E-state index is 12.1. The van der Waals surface area contributed by atoms with Crippen molar-refractivity contribution in [3.8, 4) is 0 Å². The number of para-hydroxylation sites is 2. The molecule has 2 saturated heterocycles. The van der Waals surface area contributed by atoms with Gasteiger partial charge in [-0.05, 0) is 62.3 Å². The van der Waals surface area contributed by atoms with Gasteiger partial charge < -0.3 is 23.0 Å². The Balaban J connectivity index is 0.000000301. The molecule has 6 rings (SSSR count). The minimum absolute atomic E-state index is 0. The molecule has 2 aliphatic rings. The van der Waals surface area contributed by atoms with Crippen LogP contribution in [0.15, 0.2) is 73.1 Å². The second-order valence-corrected chi connectivity index (χ2v) is 17.8. The Bertz CT molecular complexity index is 2150. The van der Waals surface area contributed by atoms with E-state index in [0.717, 1.165) is 55.8 Å². The summed E-state index contributed by atoms with van der Waals surface area (Å²) in [6, 6.07) is 17.7. The third-order valence-corrected chi connectivity index (χ3v) is 12.7. The number of hydrogen-bond donors (Lipinski definition) is 3. The molecule has 2 aromatic carbocycles. The molecule has 16 nitrogen and oxygen atoms in total. The quantitative estimate of drug-likeness (QED) is 0.0486. The molecule has 2 unspecified atom stereocenters. The van der Waals surface area contributed by atoms with Crippen molar-refractivity contribution in [3.05, 3.63) is 113 Å². The normalized spacial score (nSPS) is 16.9. The Kier molecular flexibility index (Phi) is 19.0. The van der Waals surface area contributed by atoms with Crippen LogP contribution in [0.2, 0.25) is 0 Å². The van der Waals surface area contributed by atoms with Crippen LogP contribution >= 0.6 is 0 Å². The number of hydrogen-bond acceptors (Lipinski definition) is 13. The van der Waals surface area contributed by atoms with Crippen LogP contribution in [-0.2, 0) is 53.3 Å². The Hall–Kier alpha value is -4.12. The third kappa shape index (κ3) is 14.6. The molecule has 0 bridgehead atoms. The fourth-order valence-electron chi connectivity index (χ4n) is 6.90. The van der Waals surface area contributed by atoms with Crippen LogP contribution in [0.5, 0.6) is 0 Å². The fourth-order valence-corrected chi connectivity index (χ4v) is 9.61. The van der Waals surface area contributed by atoms with E-state index in [1.54, 1.807) is 36.7 Å². The topological polar surface area (TPSA) is 220 Å². The number of piperidine rings is 2. The molecule has 0 aliphatic carbocycles. The molecule has 4 aromatic rings. The number of aromatic nitrogens is 4. The monoisotopic (exact) mass is 929 g/mol. The molecule has 2 fully saturated rings. The van der Waals surface area contributed by atoms with Crippen LogP contribution in [0.3, 0.4) is 0 Å². The molecule has 58 heavy (non-hydrogen) atoms. The Morgan fingerprint density at radius 3 is 1.66 bits per heavy atom. The Morgan fingerprint density at radius 1 is 0.741 bits per heavy atom. The Labute approximate surface area is 356 Å². The van der Waals surface area contributed by atoms with Gasteiger partial charge in [-0.3, -0.25) is 10.1 Å². The van der Waals surface area contributed by atoms with Gasteiger partial charge in [0.05, 0.1) is 16.4 Å². The van der Waals surface area contributed by atoms with Gasteiger partial charge in [0.25, 0.3) is 5.69 Å². The molecule has 2 aromatic heterocycles. The van der Waals surface area contributed by atoms with Crippen LogP contribution in [0.25, 0.3) is 0 Å². The van der Waals surface area contributed by atoms with Gasteiger partial charge in [-0.25, -0.2) is 46.2 Å². The van der Waals surface area contributed by atoms with E-state index < -0.39 is 25.0 Å². The van der Waals surface area contributed by atoms with Gasteiger partial charge >= 0.3 is 0 Å². The van der Waals surface area contributed by atoms with Crippen molar-refractivity contribution in [2.45, 2.75) is 77.3 Å². The number of nitro groups is 1. The van der Waals surface area contributed by atoms with E-state index in [1.807, 2.05) is 49.1 Å². The van der Waals surface area contributed by atoms with Gasteiger partial charge in [0.15, 0.2) is 0 Å². The van der Waals surface area contributed by atoms with Gasteiger partial charge in [-0.15, -0.1) is 0 Å². The van der Waals surface area contributed by atoms with E-state index in [9.17, 15) is 26.9 Å². The smallest absolute Gasteiger partial charge is 0.273 e. The average Bonchev–Trinajstić information content (AvgIpc) is 3.16. The molecule has 0 amide bonds. The molecule has 0 saturated carbocycles. The molecule has 0 radical (unpaired) electrons. The summed E-state index contributed by atoms with van der Waals surface area (Å²) < 4.78 is 53.9. The first-order valence-corrected chi connectivity index (χ1v) is 22.3. The SMILES string of the molecule is CCCS(=O)(=O)NC1CCCN(c2ccnc(Cc3ccccc3N)n2)C1.CCCS(=O)(=O)NC1CCCN(c2ccnc(Cc3ccccc3[N+](=O)[O-])n2)C1.[CH3-].[Pd]. The van der Waals surface area contributed by atoms with E-state index in [-0.39, 0.29) is 63.5 Å². The summed E-state index contributed by atoms with van der Waals surface area (Å²) in [6.07, 6.45) is 8.81. The van der Waals surface area contributed by atoms with Crippen LogP contribution in [0.4, 0.5) is 23.0 Å². The number of nitro benzene ring substituents is 1. The first kappa shape index (κ1) is 48.3. The number of nitrogens with one attached hydrogen (secondary N) is 2. The standard InChI is InChI=1S/C19H25N5O4S.C19H27N5O2S.CH3.Pd/c1-2-12-29(27,28)22-16-7-5-11-23(14-16)19-9-10-20-18(21-19)13-15-6-3-4-8-17(15)24(25)26;1-2-12-27(25,26)23-16-7-5-11-24(14-16)19-9-10-21-18(22-19)13-15-6-3-4-8-17(15)20;;/h3-4,6,8-10,16,22H,2,5,7,11-14H2,1H3;3-4,6,8-10,16,23H,2,5,7,11-14,20H2,1H3;1H3;/q;;-1;. The van der Waals surface area contributed by atoms with Crippen molar-refractivity contribution in [2.75, 3.05) is 53.2 Å². The van der Waals surface area contributed by atoms with E-state index in [2.05, 4.69) is 34.3 Å². The van der Waals surface area contributed by atoms with Crippen LogP contribution in [-0.4, -0.2) is 91.5 Å². The van der Waals surface area contributed by atoms with Crippen molar-refractivity contribution in [3.63, 3.8) is 0 Å². The number of nitrogens with zero attached hydrogens (tertiary/aromatic N) is 7. The zero-order chi connectivity index (χ0) is 40.1. The van der Waals surface area contributed by atoms with Gasteiger partial charge in [0.2, 0.25) is 20.0 Å². The first-order chi connectivity index (χ1) is 26.8. The average molecular weight is 930 g/mol. The molecule has 320 valence electrons. The van der Waals surface area contributed by atoms with Crippen LogP contribution < -0.4 is 25.0 Å². The first-order valence-electron chi connectivity index (χ1n) is 19.0. The maximum Gasteiger partial charge on any atom is 0.273 e. The van der Waals surface area contributed by atoms with Crippen LogP contribution in [0.1, 0.15) is 75.1 Å². The second kappa shape index (κ2) is 22.9. The van der Waals surface area contributed by atoms with Crippen molar-refractivity contribution in [1.29, 1.82) is 0 Å². The zero-order valence-electron chi connectivity index (χ0n) is 33.3. The number of rotatable bonds is 15. The predicted molar refractivity (Wildman–Crippen MR) is 225 cm³/mol. The van der Waals surface area contributed by atoms with Gasteiger partial charge in [0, 0.05) is 101 Å².